The van der Waals surface area contributed by atoms with Crippen LogP contribution in [0, 0.1) is 0 Å². The van der Waals surface area contributed by atoms with E-state index in [9.17, 15) is 4.79 Å². The van der Waals surface area contributed by atoms with Crippen molar-refractivity contribution >= 4 is 5.91 Å². The van der Waals surface area contributed by atoms with Gasteiger partial charge in [0.25, 0.3) is 5.91 Å². The summed E-state index contributed by atoms with van der Waals surface area (Å²) in [6.07, 6.45) is 6.27. The molecular formula is C20H24N2O3. The Morgan fingerprint density at radius 1 is 1.20 bits per heavy atom. The number of hydrogen-bond donors (Lipinski definition) is 1. The molecule has 5 heteroatoms. The molecule has 2 aromatic rings. The first kappa shape index (κ1) is 16.2. The van der Waals surface area contributed by atoms with Crippen molar-refractivity contribution in [3.63, 3.8) is 0 Å². The number of furan rings is 1. The van der Waals surface area contributed by atoms with Gasteiger partial charge in [-0.2, -0.15) is 0 Å². The molecule has 1 atom stereocenters. The Morgan fingerprint density at radius 3 is 2.88 bits per heavy atom. The van der Waals surface area contributed by atoms with Crippen LogP contribution in [-0.2, 0) is 6.42 Å². The van der Waals surface area contributed by atoms with Gasteiger partial charge in [-0.25, -0.2) is 0 Å². The average molecular weight is 340 g/mol. The van der Waals surface area contributed by atoms with Crippen LogP contribution in [0.4, 0.5) is 0 Å². The molecule has 1 saturated heterocycles. The predicted octanol–water partition coefficient (Wildman–Crippen LogP) is 3.17. The SMILES string of the molecule is O=C(NCC(c1ccco1)N1CCCCC1)c1ccc2c(c1)CCO2. The summed E-state index contributed by atoms with van der Waals surface area (Å²) in [7, 11) is 0. The smallest absolute Gasteiger partial charge is 0.251 e. The number of hydrogen-bond acceptors (Lipinski definition) is 4. The number of nitrogens with one attached hydrogen (secondary N) is 1. The monoisotopic (exact) mass is 340 g/mol. The van der Waals surface area contributed by atoms with Crippen molar-refractivity contribution in [3.05, 3.63) is 53.5 Å². The fourth-order valence-electron chi connectivity index (χ4n) is 3.74. The standard InChI is InChI=1S/C20H24N2O3/c23-20(16-6-7-18-15(13-16)8-12-25-18)21-14-17(19-5-4-11-24-19)22-9-2-1-3-10-22/h4-7,11,13,17H,1-3,8-10,12,14H2,(H,21,23). The molecule has 4 rings (SSSR count). The highest BCUT2D eigenvalue weighted by molar-refractivity contribution is 5.94. The van der Waals surface area contributed by atoms with Crippen molar-refractivity contribution in [2.24, 2.45) is 0 Å². The van der Waals surface area contributed by atoms with Crippen LogP contribution in [0.3, 0.4) is 0 Å². The molecule has 2 aliphatic heterocycles. The number of piperidine rings is 1. The Kier molecular flexibility index (Phi) is 4.74. The number of likely N-dealkylation sites (tertiary alicyclic amines) is 1. The second-order valence-corrected chi connectivity index (χ2v) is 6.76. The quantitative estimate of drug-likeness (QED) is 0.908. The van der Waals surface area contributed by atoms with Crippen molar-refractivity contribution in [1.82, 2.24) is 10.2 Å². The zero-order chi connectivity index (χ0) is 17.1. The largest absolute Gasteiger partial charge is 0.493 e. The topological polar surface area (TPSA) is 54.7 Å². The van der Waals surface area contributed by atoms with E-state index in [1.165, 1.54) is 19.3 Å². The third kappa shape index (κ3) is 3.56. The number of carbonyl (C=O) groups is 1. The first-order valence-electron chi connectivity index (χ1n) is 9.12. The van der Waals surface area contributed by atoms with Gasteiger partial charge in [-0.3, -0.25) is 9.69 Å². The minimum Gasteiger partial charge on any atom is -0.493 e. The van der Waals surface area contributed by atoms with Crippen LogP contribution in [0.1, 0.15) is 47.0 Å². The van der Waals surface area contributed by atoms with Crippen LogP contribution < -0.4 is 10.1 Å². The predicted molar refractivity (Wildman–Crippen MR) is 94.8 cm³/mol. The van der Waals surface area contributed by atoms with Crippen LogP contribution in [0.25, 0.3) is 0 Å². The lowest BCUT2D eigenvalue weighted by Gasteiger charge is -2.33. The highest BCUT2D eigenvalue weighted by atomic mass is 16.5. The molecular weight excluding hydrogens is 316 g/mol. The van der Waals surface area contributed by atoms with Gasteiger partial charge in [0.05, 0.1) is 18.9 Å². The summed E-state index contributed by atoms with van der Waals surface area (Å²) in [6, 6.07) is 9.68. The van der Waals surface area contributed by atoms with Gasteiger partial charge >= 0.3 is 0 Å². The fraction of sp³-hybridized carbons (Fsp3) is 0.450. The lowest BCUT2D eigenvalue weighted by Crippen LogP contribution is -2.40. The highest BCUT2D eigenvalue weighted by Gasteiger charge is 2.25. The summed E-state index contributed by atoms with van der Waals surface area (Å²) in [5.74, 6) is 1.78. The first-order valence-corrected chi connectivity index (χ1v) is 9.12. The minimum atomic E-state index is -0.0386. The number of carbonyl (C=O) groups excluding carboxylic acids is 1. The Balaban J connectivity index is 1.44. The van der Waals surface area contributed by atoms with Crippen LogP contribution >= 0.6 is 0 Å². The molecule has 5 nitrogen and oxygen atoms in total. The molecule has 0 saturated carbocycles. The lowest BCUT2D eigenvalue weighted by molar-refractivity contribution is 0.0914. The van der Waals surface area contributed by atoms with Gasteiger partial charge in [-0.05, 0) is 61.8 Å². The maximum atomic E-state index is 12.6. The van der Waals surface area contributed by atoms with Gasteiger partial charge < -0.3 is 14.5 Å². The molecule has 0 bridgehead atoms. The molecule has 0 aliphatic carbocycles. The molecule has 1 fully saturated rings. The Hall–Kier alpha value is -2.27. The van der Waals surface area contributed by atoms with Gasteiger partial charge in [-0.15, -0.1) is 0 Å². The van der Waals surface area contributed by atoms with Gasteiger partial charge in [-0.1, -0.05) is 6.42 Å². The van der Waals surface area contributed by atoms with Crippen LogP contribution in [0.5, 0.6) is 5.75 Å². The third-order valence-corrected chi connectivity index (χ3v) is 5.11. The summed E-state index contributed by atoms with van der Waals surface area (Å²) < 4.78 is 11.1. The molecule has 2 aliphatic rings. The van der Waals surface area contributed by atoms with Gasteiger partial charge in [0.2, 0.25) is 0 Å². The summed E-state index contributed by atoms with van der Waals surface area (Å²) in [6.45, 7) is 3.37. The number of rotatable bonds is 5. The van der Waals surface area contributed by atoms with Crippen LogP contribution in [0.15, 0.2) is 41.0 Å². The van der Waals surface area contributed by atoms with E-state index in [0.717, 1.165) is 36.6 Å². The zero-order valence-corrected chi connectivity index (χ0v) is 14.4. The van der Waals surface area contributed by atoms with Crippen molar-refractivity contribution in [2.75, 3.05) is 26.2 Å². The molecule has 0 radical (unpaired) electrons. The van der Waals surface area contributed by atoms with Crippen LogP contribution in [-0.4, -0.2) is 37.0 Å². The van der Waals surface area contributed by atoms with Crippen molar-refractivity contribution in [1.29, 1.82) is 0 Å². The number of fused-ring (bicyclic) bond motifs is 1. The average Bonchev–Trinajstić information content (AvgIpc) is 3.34. The van der Waals surface area contributed by atoms with Gasteiger partial charge in [0.1, 0.15) is 11.5 Å². The van der Waals surface area contributed by atoms with E-state index in [1.807, 2.05) is 30.3 Å². The Bertz CT molecular complexity index is 721. The molecule has 25 heavy (non-hydrogen) atoms. The molecule has 1 aromatic carbocycles. The number of nitrogens with zero attached hydrogens (tertiary/aromatic N) is 1. The Morgan fingerprint density at radius 2 is 2.08 bits per heavy atom. The number of amides is 1. The molecule has 0 spiro atoms. The minimum absolute atomic E-state index is 0.0386. The molecule has 1 N–H and O–H groups in total. The molecule has 132 valence electrons. The second-order valence-electron chi connectivity index (χ2n) is 6.76. The maximum absolute atomic E-state index is 12.6. The highest BCUT2D eigenvalue weighted by Crippen LogP contribution is 2.27. The van der Waals surface area contributed by atoms with Gasteiger partial charge in [0, 0.05) is 18.5 Å². The maximum Gasteiger partial charge on any atom is 0.251 e. The lowest BCUT2D eigenvalue weighted by atomic mass is 10.1. The first-order chi connectivity index (χ1) is 12.3. The van der Waals surface area contributed by atoms with E-state index in [4.69, 9.17) is 9.15 Å². The van der Waals surface area contributed by atoms with Crippen molar-refractivity contribution in [2.45, 2.75) is 31.7 Å². The van der Waals surface area contributed by atoms with E-state index >= 15 is 0 Å². The molecule has 1 unspecified atom stereocenters. The molecule has 1 aromatic heterocycles. The van der Waals surface area contributed by atoms with Gasteiger partial charge in [0.15, 0.2) is 0 Å². The molecule has 1 amide bonds. The van der Waals surface area contributed by atoms with E-state index in [-0.39, 0.29) is 11.9 Å². The fourth-order valence-corrected chi connectivity index (χ4v) is 3.74. The Labute approximate surface area is 148 Å². The third-order valence-electron chi connectivity index (χ3n) is 5.11. The van der Waals surface area contributed by atoms with Crippen molar-refractivity contribution < 1.29 is 13.9 Å². The van der Waals surface area contributed by atoms with E-state index in [0.29, 0.717) is 18.7 Å². The van der Waals surface area contributed by atoms with E-state index < -0.39 is 0 Å². The zero-order valence-electron chi connectivity index (χ0n) is 14.4. The summed E-state index contributed by atoms with van der Waals surface area (Å²) in [5, 5.41) is 3.09. The van der Waals surface area contributed by atoms with Crippen molar-refractivity contribution in [3.8, 4) is 5.75 Å². The number of ether oxygens (including phenoxy) is 1. The molecule has 3 heterocycles. The van der Waals surface area contributed by atoms with E-state index in [1.54, 1.807) is 6.26 Å². The normalized spacial score (nSPS) is 18.4. The number of benzene rings is 1. The van der Waals surface area contributed by atoms with Crippen LogP contribution in [0.2, 0.25) is 0 Å². The summed E-state index contributed by atoms with van der Waals surface area (Å²) in [4.78, 5) is 15.0. The van der Waals surface area contributed by atoms with E-state index in [2.05, 4.69) is 10.2 Å². The second kappa shape index (κ2) is 7.31. The summed E-state index contributed by atoms with van der Waals surface area (Å²) >= 11 is 0. The summed E-state index contributed by atoms with van der Waals surface area (Å²) in [5.41, 5.74) is 1.81.